The standard InChI is InChI=1S/C21H24N6OS2/c1-15(27-19(23-24-21(27)29)18-8-5-11-30-18)20(28)26(10-9-25(2)3)14-17-7-4-6-16(12-17)13-22/h4-8,11-12,15H,9-10,14H2,1-3H3,(H,24,29). The number of amides is 1. The van der Waals surface area contributed by atoms with Gasteiger partial charge in [0.1, 0.15) is 6.04 Å². The van der Waals surface area contributed by atoms with Gasteiger partial charge < -0.3 is 9.80 Å². The average Bonchev–Trinajstić information content (AvgIpc) is 3.39. The second kappa shape index (κ2) is 9.80. The number of nitrogens with zero attached hydrogens (tertiary/aromatic N) is 5. The lowest BCUT2D eigenvalue weighted by molar-refractivity contribution is -0.135. The first-order valence-electron chi connectivity index (χ1n) is 9.54. The van der Waals surface area contributed by atoms with Crippen LogP contribution in [0.15, 0.2) is 41.8 Å². The number of nitrogens with one attached hydrogen (secondary N) is 1. The number of likely N-dealkylation sites (N-methyl/N-ethyl adjacent to an activating group) is 1. The maximum absolute atomic E-state index is 13.5. The summed E-state index contributed by atoms with van der Waals surface area (Å²) < 4.78 is 2.19. The molecule has 0 spiro atoms. The van der Waals surface area contributed by atoms with Crippen LogP contribution in [-0.4, -0.2) is 57.7 Å². The Morgan fingerprint density at radius 1 is 1.33 bits per heavy atom. The summed E-state index contributed by atoms with van der Waals surface area (Å²) in [6.45, 7) is 3.56. The third kappa shape index (κ3) is 5.02. The minimum absolute atomic E-state index is 0.0467. The highest BCUT2D eigenvalue weighted by Crippen LogP contribution is 2.26. The van der Waals surface area contributed by atoms with Crippen LogP contribution in [0.2, 0.25) is 0 Å². The molecule has 0 aliphatic carbocycles. The summed E-state index contributed by atoms with van der Waals surface area (Å²) in [6.07, 6.45) is 0. The van der Waals surface area contributed by atoms with Crippen LogP contribution in [0.5, 0.6) is 0 Å². The smallest absolute Gasteiger partial charge is 0.245 e. The Morgan fingerprint density at radius 3 is 2.80 bits per heavy atom. The summed E-state index contributed by atoms with van der Waals surface area (Å²) in [5.41, 5.74) is 1.50. The molecule has 2 heterocycles. The zero-order valence-corrected chi connectivity index (χ0v) is 18.8. The van der Waals surface area contributed by atoms with Gasteiger partial charge in [0.15, 0.2) is 10.6 Å². The van der Waals surface area contributed by atoms with Crippen LogP contribution >= 0.6 is 23.6 Å². The lowest BCUT2D eigenvalue weighted by Crippen LogP contribution is -2.40. The Balaban J connectivity index is 1.90. The number of carbonyl (C=O) groups excluding carboxylic acids is 1. The highest BCUT2D eigenvalue weighted by molar-refractivity contribution is 7.71. The van der Waals surface area contributed by atoms with Gasteiger partial charge in [-0.3, -0.25) is 14.5 Å². The topological polar surface area (TPSA) is 80.9 Å². The minimum atomic E-state index is -0.519. The molecule has 0 radical (unpaired) electrons. The first kappa shape index (κ1) is 21.9. The number of benzene rings is 1. The molecule has 3 aromatic rings. The van der Waals surface area contributed by atoms with E-state index >= 15 is 0 Å². The number of aromatic nitrogens is 3. The van der Waals surface area contributed by atoms with Gasteiger partial charge in [-0.2, -0.15) is 10.4 Å². The number of nitriles is 1. The molecule has 2 aromatic heterocycles. The summed E-state index contributed by atoms with van der Waals surface area (Å²) in [5.74, 6) is 0.615. The van der Waals surface area contributed by atoms with Gasteiger partial charge in [0.05, 0.1) is 16.5 Å². The maximum Gasteiger partial charge on any atom is 0.245 e. The molecule has 0 saturated heterocycles. The van der Waals surface area contributed by atoms with E-state index in [9.17, 15) is 10.1 Å². The SMILES string of the molecule is CC(C(=O)N(CCN(C)C)Cc1cccc(C#N)c1)n1c(-c2cccs2)n[nH]c1=S. The van der Waals surface area contributed by atoms with Crippen molar-refractivity contribution in [2.45, 2.75) is 19.5 Å². The van der Waals surface area contributed by atoms with Crippen LogP contribution in [0.4, 0.5) is 0 Å². The Hall–Kier alpha value is -2.80. The van der Waals surface area contributed by atoms with Crippen LogP contribution in [0.25, 0.3) is 10.7 Å². The van der Waals surface area contributed by atoms with Gasteiger partial charge in [-0.1, -0.05) is 18.2 Å². The molecular weight excluding hydrogens is 416 g/mol. The monoisotopic (exact) mass is 440 g/mol. The molecule has 1 amide bonds. The molecule has 9 heteroatoms. The number of hydrogen-bond donors (Lipinski definition) is 1. The van der Waals surface area contributed by atoms with E-state index in [1.807, 2.05) is 66.5 Å². The lowest BCUT2D eigenvalue weighted by atomic mass is 10.1. The molecule has 1 atom stereocenters. The molecule has 0 aliphatic heterocycles. The van der Waals surface area contributed by atoms with Crippen molar-refractivity contribution < 1.29 is 4.79 Å². The fourth-order valence-corrected chi connectivity index (χ4v) is 4.17. The Kier molecular flexibility index (Phi) is 7.15. The van der Waals surface area contributed by atoms with Crippen molar-refractivity contribution in [3.63, 3.8) is 0 Å². The van der Waals surface area contributed by atoms with E-state index < -0.39 is 6.04 Å². The summed E-state index contributed by atoms with van der Waals surface area (Å²) in [5, 5.41) is 18.3. The van der Waals surface area contributed by atoms with Gasteiger partial charge in [0, 0.05) is 19.6 Å². The normalized spacial score (nSPS) is 12.0. The van der Waals surface area contributed by atoms with E-state index in [1.54, 1.807) is 22.0 Å². The van der Waals surface area contributed by atoms with Crippen molar-refractivity contribution in [1.82, 2.24) is 24.6 Å². The summed E-state index contributed by atoms with van der Waals surface area (Å²) in [6, 6.07) is 12.9. The van der Waals surface area contributed by atoms with Crippen LogP contribution < -0.4 is 0 Å². The lowest BCUT2D eigenvalue weighted by Gasteiger charge is -2.28. The number of rotatable bonds is 8. The predicted octanol–water partition coefficient (Wildman–Crippen LogP) is 3.69. The van der Waals surface area contributed by atoms with Crippen LogP contribution in [0, 0.1) is 16.1 Å². The maximum atomic E-state index is 13.5. The Labute approximate surface area is 185 Å². The summed E-state index contributed by atoms with van der Waals surface area (Å²) >= 11 is 6.98. The highest BCUT2D eigenvalue weighted by Gasteiger charge is 2.26. The molecule has 156 valence electrons. The van der Waals surface area contributed by atoms with Crippen LogP contribution in [0.1, 0.15) is 24.1 Å². The van der Waals surface area contributed by atoms with Crippen molar-refractivity contribution >= 4 is 29.5 Å². The number of aromatic amines is 1. The number of H-pyrrole nitrogens is 1. The zero-order valence-electron chi connectivity index (χ0n) is 17.2. The minimum Gasteiger partial charge on any atom is -0.335 e. The van der Waals surface area contributed by atoms with Crippen molar-refractivity contribution in [3.8, 4) is 16.8 Å². The largest absolute Gasteiger partial charge is 0.335 e. The molecule has 0 aliphatic rings. The summed E-state index contributed by atoms with van der Waals surface area (Å²) in [7, 11) is 3.95. The van der Waals surface area contributed by atoms with E-state index in [0.29, 0.717) is 29.2 Å². The van der Waals surface area contributed by atoms with Gasteiger partial charge in [0.2, 0.25) is 5.91 Å². The third-order valence-corrected chi connectivity index (χ3v) is 5.90. The number of carbonyl (C=O) groups is 1. The quantitative estimate of drug-likeness (QED) is 0.540. The third-order valence-electron chi connectivity index (χ3n) is 4.75. The predicted molar refractivity (Wildman–Crippen MR) is 121 cm³/mol. The second-order valence-corrected chi connectivity index (χ2v) is 8.59. The van der Waals surface area contributed by atoms with Crippen molar-refractivity contribution in [1.29, 1.82) is 5.26 Å². The van der Waals surface area contributed by atoms with Gasteiger partial charge in [0.25, 0.3) is 0 Å². The molecule has 0 bridgehead atoms. The van der Waals surface area contributed by atoms with Gasteiger partial charge >= 0.3 is 0 Å². The molecule has 7 nitrogen and oxygen atoms in total. The Morgan fingerprint density at radius 2 is 2.13 bits per heavy atom. The first-order valence-corrected chi connectivity index (χ1v) is 10.8. The average molecular weight is 441 g/mol. The van der Waals surface area contributed by atoms with E-state index in [2.05, 4.69) is 16.3 Å². The molecule has 3 rings (SSSR count). The first-order chi connectivity index (χ1) is 14.4. The molecular formula is C21H24N6OS2. The number of thiophene rings is 1. The zero-order chi connectivity index (χ0) is 21.7. The van der Waals surface area contributed by atoms with Crippen LogP contribution in [0.3, 0.4) is 0 Å². The Bertz CT molecular complexity index is 1090. The fraction of sp³-hybridized carbons (Fsp3) is 0.333. The fourth-order valence-electron chi connectivity index (χ4n) is 3.17. The van der Waals surface area contributed by atoms with E-state index in [-0.39, 0.29) is 5.91 Å². The molecule has 1 N–H and O–H groups in total. The molecule has 30 heavy (non-hydrogen) atoms. The van der Waals surface area contributed by atoms with Crippen molar-refractivity contribution in [3.05, 3.63) is 57.7 Å². The van der Waals surface area contributed by atoms with Gasteiger partial charge in [-0.15, -0.1) is 11.3 Å². The molecule has 0 saturated carbocycles. The van der Waals surface area contributed by atoms with E-state index in [0.717, 1.165) is 17.0 Å². The summed E-state index contributed by atoms with van der Waals surface area (Å²) in [4.78, 5) is 18.3. The van der Waals surface area contributed by atoms with Crippen LogP contribution in [-0.2, 0) is 11.3 Å². The van der Waals surface area contributed by atoms with Crippen molar-refractivity contribution in [2.75, 3.05) is 27.2 Å². The van der Waals surface area contributed by atoms with Gasteiger partial charge in [-0.25, -0.2) is 0 Å². The molecule has 1 unspecified atom stereocenters. The second-order valence-electron chi connectivity index (χ2n) is 7.25. The van der Waals surface area contributed by atoms with Gasteiger partial charge in [-0.05, 0) is 62.4 Å². The highest BCUT2D eigenvalue weighted by atomic mass is 32.1. The number of hydrogen-bond acceptors (Lipinski definition) is 6. The van der Waals surface area contributed by atoms with E-state index in [1.165, 1.54) is 0 Å². The molecule has 0 fully saturated rings. The van der Waals surface area contributed by atoms with E-state index in [4.69, 9.17) is 12.2 Å². The molecule has 1 aromatic carbocycles. The van der Waals surface area contributed by atoms with Crippen molar-refractivity contribution in [2.24, 2.45) is 0 Å².